The summed E-state index contributed by atoms with van der Waals surface area (Å²) in [5.41, 5.74) is 0.814. The summed E-state index contributed by atoms with van der Waals surface area (Å²) in [6.45, 7) is 4.51. The molecule has 0 bridgehead atoms. The topological polar surface area (TPSA) is 67.3 Å². The molecule has 3 rings (SSSR count). The number of ether oxygens (including phenoxy) is 1. The fourth-order valence-electron chi connectivity index (χ4n) is 3.04. The number of carbonyl (C=O) groups excluding carboxylic acids is 1. The summed E-state index contributed by atoms with van der Waals surface area (Å²) in [4.78, 5) is 23.1. The van der Waals surface area contributed by atoms with E-state index in [0.717, 1.165) is 62.6 Å². The molecule has 0 atom stereocenters. The van der Waals surface area contributed by atoms with Gasteiger partial charge in [-0.05, 0) is 43.5 Å². The monoisotopic (exact) mass is 354 g/mol. The third kappa shape index (κ3) is 4.94. The van der Waals surface area contributed by atoms with Gasteiger partial charge >= 0.3 is 0 Å². The molecule has 0 aliphatic carbocycles. The molecule has 6 nitrogen and oxygen atoms in total. The highest BCUT2D eigenvalue weighted by molar-refractivity contribution is 5.92. The Hall–Kier alpha value is -2.63. The summed E-state index contributed by atoms with van der Waals surface area (Å²) in [6, 6.07) is 7.60. The van der Waals surface area contributed by atoms with Crippen LogP contribution in [-0.4, -0.2) is 35.6 Å². The van der Waals surface area contributed by atoms with Crippen LogP contribution in [0.25, 0.3) is 0 Å². The number of hydrogen-bond acceptors (Lipinski definition) is 5. The van der Waals surface area contributed by atoms with E-state index >= 15 is 0 Å². The highest BCUT2D eigenvalue weighted by Crippen LogP contribution is 2.23. The molecule has 138 valence electrons. The van der Waals surface area contributed by atoms with Crippen LogP contribution >= 0.6 is 0 Å². The normalized spacial score (nSPS) is 14.9. The van der Waals surface area contributed by atoms with Crippen molar-refractivity contribution in [2.75, 3.05) is 29.9 Å². The predicted octanol–water partition coefficient (Wildman–Crippen LogP) is 3.51. The number of anilines is 2. The Morgan fingerprint density at radius 3 is 2.65 bits per heavy atom. The quantitative estimate of drug-likeness (QED) is 0.771. The Morgan fingerprint density at radius 2 is 2.00 bits per heavy atom. The summed E-state index contributed by atoms with van der Waals surface area (Å²) >= 11 is 0. The molecule has 1 aliphatic rings. The van der Waals surface area contributed by atoms with Crippen molar-refractivity contribution in [1.82, 2.24) is 9.97 Å². The maximum atomic E-state index is 12.5. The summed E-state index contributed by atoms with van der Waals surface area (Å²) in [7, 11) is 0. The number of aromatic nitrogens is 2. The number of nitrogens with zero attached hydrogens (tertiary/aromatic N) is 3. The van der Waals surface area contributed by atoms with E-state index in [1.165, 1.54) is 0 Å². The van der Waals surface area contributed by atoms with E-state index in [1.807, 2.05) is 24.3 Å². The van der Waals surface area contributed by atoms with Crippen molar-refractivity contribution in [2.24, 2.45) is 5.92 Å². The first kappa shape index (κ1) is 18.2. The second-order valence-corrected chi connectivity index (χ2v) is 6.54. The molecule has 0 unspecified atom stereocenters. The van der Waals surface area contributed by atoms with Gasteiger partial charge in [-0.25, -0.2) is 4.98 Å². The SMILES string of the molecule is CCCCOc1ccc(NC(=O)C2CCN(c3cnccn3)CC2)cc1. The molecule has 0 radical (unpaired) electrons. The highest BCUT2D eigenvalue weighted by atomic mass is 16.5. The molecular weight excluding hydrogens is 328 g/mol. The smallest absolute Gasteiger partial charge is 0.227 e. The van der Waals surface area contributed by atoms with E-state index in [-0.39, 0.29) is 11.8 Å². The van der Waals surface area contributed by atoms with Gasteiger partial charge in [0.05, 0.1) is 12.8 Å². The van der Waals surface area contributed by atoms with E-state index in [0.29, 0.717) is 0 Å². The van der Waals surface area contributed by atoms with Gasteiger partial charge < -0.3 is 15.0 Å². The lowest BCUT2D eigenvalue weighted by molar-refractivity contribution is -0.120. The summed E-state index contributed by atoms with van der Waals surface area (Å²) < 4.78 is 5.65. The molecule has 2 aromatic rings. The minimum atomic E-state index is 0.0309. The second-order valence-electron chi connectivity index (χ2n) is 6.54. The van der Waals surface area contributed by atoms with Crippen LogP contribution in [0.1, 0.15) is 32.6 Å². The van der Waals surface area contributed by atoms with Crippen LogP contribution in [0.3, 0.4) is 0 Å². The van der Waals surface area contributed by atoms with Gasteiger partial charge in [0.15, 0.2) is 0 Å². The molecule has 6 heteroatoms. The minimum Gasteiger partial charge on any atom is -0.494 e. The van der Waals surface area contributed by atoms with Gasteiger partial charge in [0.25, 0.3) is 0 Å². The number of unbranched alkanes of at least 4 members (excludes halogenated alkanes) is 1. The molecule has 2 heterocycles. The van der Waals surface area contributed by atoms with Gasteiger partial charge in [0, 0.05) is 37.1 Å². The summed E-state index contributed by atoms with van der Waals surface area (Å²) in [5.74, 6) is 1.84. The third-order valence-corrected chi connectivity index (χ3v) is 4.63. The summed E-state index contributed by atoms with van der Waals surface area (Å²) in [6.07, 6.45) is 8.94. The largest absolute Gasteiger partial charge is 0.494 e. The van der Waals surface area contributed by atoms with Crippen molar-refractivity contribution in [3.05, 3.63) is 42.9 Å². The van der Waals surface area contributed by atoms with Gasteiger partial charge in [-0.1, -0.05) is 13.3 Å². The number of carbonyl (C=O) groups is 1. The van der Waals surface area contributed by atoms with Crippen LogP contribution in [0.5, 0.6) is 5.75 Å². The zero-order valence-corrected chi connectivity index (χ0v) is 15.2. The number of hydrogen-bond donors (Lipinski definition) is 1. The lowest BCUT2D eigenvalue weighted by Gasteiger charge is -2.31. The van der Waals surface area contributed by atoms with Crippen molar-refractivity contribution in [3.8, 4) is 5.75 Å². The molecule has 1 N–H and O–H groups in total. The Balaban J connectivity index is 1.47. The van der Waals surface area contributed by atoms with E-state index in [9.17, 15) is 4.79 Å². The van der Waals surface area contributed by atoms with Crippen molar-refractivity contribution in [1.29, 1.82) is 0 Å². The fourth-order valence-corrected chi connectivity index (χ4v) is 3.04. The molecular formula is C20H26N4O2. The Labute approximate surface area is 154 Å². The summed E-state index contributed by atoms with van der Waals surface area (Å²) in [5, 5.41) is 3.02. The van der Waals surface area contributed by atoms with Crippen molar-refractivity contribution >= 4 is 17.4 Å². The molecule has 1 fully saturated rings. The lowest BCUT2D eigenvalue weighted by Crippen LogP contribution is -2.38. The molecule has 1 saturated heterocycles. The average molecular weight is 354 g/mol. The van der Waals surface area contributed by atoms with Gasteiger partial charge in [0.2, 0.25) is 5.91 Å². The van der Waals surface area contributed by atoms with Crippen LogP contribution in [0.2, 0.25) is 0 Å². The van der Waals surface area contributed by atoms with E-state index in [1.54, 1.807) is 18.6 Å². The van der Waals surface area contributed by atoms with Gasteiger partial charge in [-0.2, -0.15) is 0 Å². The van der Waals surface area contributed by atoms with E-state index in [2.05, 4.69) is 27.1 Å². The zero-order chi connectivity index (χ0) is 18.2. The number of amides is 1. The molecule has 1 amide bonds. The third-order valence-electron chi connectivity index (χ3n) is 4.63. The van der Waals surface area contributed by atoms with Crippen molar-refractivity contribution in [3.63, 3.8) is 0 Å². The molecule has 1 aliphatic heterocycles. The van der Waals surface area contributed by atoms with Gasteiger partial charge in [-0.15, -0.1) is 0 Å². The molecule has 1 aromatic heterocycles. The number of piperidine rings is 1. The van der Waals surface area contributed by atoms with Crippen LogP contribution in [0.15, 0.2) is 42.9 Å². The molecule has 0 saturated carbocycles. The predicted molar refractivity (Wildman–Crippen MR) is 102 cm³/mol. The van der Waals surface area contributed by atoms with E-state index < -0.39 is 0 Å². The number of benzene rings is 1. The maximum absolute atomic E-state index is 12.5. The first-order valence-corrected chi connectivity index (χ1v) is 9.31. The Morgan fingerprint density at radius 1 is 1.23 bits per heavy atom. The lowest BCUT2D eigenvalue weighted by atomic mass is 9.96. The Bertz CT molecular complexity index is 683. The standard InChI is InChI=1S/C20H26N4O2/c1-2-3-14-26-18-6-4-17(5-7-18)23-20(25)16-8-12-24(13-9-16)19-15-21-10-11-22-19/h4-7,10-11,15-16H,2-3,8-9,12-14H2,1H3,(H,23,25). The molecule has 0 spiro atoms. The maximum Gasteiger partial charge on any atom is 0.227 e. The van der Waals surface area contributed by atoms with Crippen LogP contribution < -0.4 is 15.0 Å². The first-order chi connectivity index (χ1) is 12.8. The fraction of sp³-hybridized carbons (Fsp3) is 0.450. The van der Waals surface area contributed by atoms with E-state index in [4.69, 9.17) is 4.74 Å². The second kappa shape index (κ2) is 9.17. The van der Waals surface area contributed by atoms with Crippen molar-refractivity contribution < 1.29 is 9.53 Å². The number of rotatable bonds is 7. The van der Waals surface area contributed by atoms with Gasteiger partial charge in [-0.3, -0.25) is 9.78 Å². The van der Waals surface area contributed by atoms with Gasteiger partial charge in [0.1, 0.15) is 11.6 Å². The highest BCUT2D eigenvalue weighted by Gasteiger charge is 2.25. The Kier molecular flexibility index (Phi) is 6.41. The number of nitrogens with one attached hydrogen (secondary N) is 1. The minimum absolute atomic E-state index is 0.0309. The van der Waals surface area contributed by atoms with Crippen LogP contribution in [0.4, 0.5) is 11.5 Å². The van der Waals surface area contributed by atoms with Crippen LogP contribution in [0, 0.1) is 5.92 Å². The average Bonchev–Trinajstić information content (AvgIpc) is 2.70. The zero-order valence-electron chi connectivity index (χ0n) is 15.2. The molecule has 1 aromatic carbocycles. The first-order valence-electron chi connectivity index (χ1n) is 9.31. The van der Waals surface area contributed by atoms with Crippen LogP contribution in [-0.2, 0) is 4.79 Å². The van der Waals surface area contributed by atoms with Crippen molar-refractivity contribution in [2.45, 2.75) is 32.6 Å². The molecule has 26 heavy (non-hydrogen) atoms.